The lowest BCUT2D eigenvalue weighted by molar-refractivity contribution is -0.385. The van der Waals surface area contributed by atoms with E-state index in [0.29, 0.717) is 0 Å². The minimum absolute atomic E-state index is 0.453. The minimum atomic E-state index is -4.76. The van der Waals surface area contributed by atoms with Gasteiger partial charge in [-0.25, -0.2) is 9.13 Å². The maximum absolute atomic E-state index is 10.4. The van der Waals surface area contributed by atoms with Crippen LogP contribution >= 0.6 is 15.6 Å². The zero-order valence-electron chi connectivity index (χ0n) is 8.93. The van der Waals surface area contributed by atoms with Crippen LogP contribution in [0.15, 0.2) is 24.3 Å². The Hall–Kier alpha value is -1.32. The van der Waals surface area contributed by atoms with Gasteiger partial charge in [-0.2, -0.15) is 0 Å². The van der Waals surface area contributed by atoms with Crippen LogP contribution in [0, 0.1) is 10.1 Å². The Labute approximate surface area is 105 Å². The van der Waals surface area contributed by atoms with Gasteiger partial charge in [-0.3, -0.25) is 19.9 Å². The van der Waals surface area contributed by atoms with Gasteiger partial charge >= 0.3 is 21.3 Å². The molecule has 0 unspecified atom stereocenters. The molecule has 19 heavy (non-hydrogen) atoms. The number of benzene rings is 1. The molecule has 1 aromatic rings. The molecule has 5 N–H and O–H groups in total. The summed E-state index contributed by atoms with van der Waals surface area (Å²) in [7, 11) is -9.40. The van der Waals surface area contributed by atoms with Crippen LogP contribution in [0.4, 0.5) is 5.69 Å². The first-order chi connectivity index (χ1) is 8.40. The number of phosphoric acid groups is 2. The second-order valence-corrected chi connectivity index (χ2v) is 5.01. The van der Waals surface area contributed by atoms with E-state index in [2.05, 4.69) is 4.52 Å². The van der Waals surface area contributed by atoms with Gasteiger partial charge in [-0.15, -0.1) is 0 Å². The van der Waals surface area contributed by atoms with E-state index >= 15 is 0 Å². The molecule has 1 rings (SSSR count). The van der Waals surface area contributed by atoms with Crippen molar-refractivity contribution in [3.05, 3.63) is 34.4 Å². The number of nitro groups is 1. The summed E-state index contributed by atoms with van der Waals surface area (Å²) in [6.45, 7) is 0. The number of para-hydroxylation sites is 2. The van der Waals surface area contributed by atoms with Crippen molar-refractivity contribution < 1.29 is 43.0 Å². The highest BCUT2D eigenvalue weighted by molar-refractivity contribution is 7.46. The maximum Gasteiger partial charge on any atom is 0.525 e. The van der Waals surface area contributed by atoms with E-state index in [4.69, 9.17) is 29.0 Å². The second kappa shape index (κ2) is 6.73. The van der Waals surface area contributed by atoms with Crippen molar-refractivity contribution in [2.24, 2.45) is 0 Å². The molecular formula is C6H9NO10P2. The number of phosphoric ester groups is 1. The normalized spacial score (nSPS) is 11.2. The van der Waals surface area contributed by atoms with Gasteiger partial charge < -0.3 is 19.2 Å². The summed E-state index contributed by atoms with van der Waals surface area (Å²) >= 11 is 0. The van der Waals surface area contributed by atoms with Crippen LogP contribution < -0.4 is 4.52 Å². The first-order valence-corrected chi connectivity index (χ1v) is 7.26. The standard InChI is InChI=1S/C6H6NO6P.H3O4P/c8-7(9)5-3-1-2-4-6(5)13-14(10,11)12;1-5(2,3)4/h1-4H,(H2,10,11,12);(H3,1,2,3,4). The van der Waals surface area contributed by atoms with Gasteiger partial charge in [0, 0.05) is 6.07 Å². The molecular weight excluding hydrogens is 308 g/mol. The van der Waals surface area contributed by atoms with Crippen molar-refractivity contribution in [1.82, 2.24) is 0 Å². The lowest BCUT2D eigenvalue weighted by atomic mass is 10.3. The number of nitro benzene ring substituents is 1. The van der Waals surface area contributed by atoms with Crippen molar-refractivity contribution in [2.45, 2.75) is 0 Å². The first kappa shape index (κ1) is 17.7. The zero-order valence-corrected chi connectivity index (χ0v) is 10.7. The van der Waals surface area contributed by atoms with Crippen LogP contribution in [0.3, 0.4) is 0 Å². The predicted molar refractivity (Wildman–Crippen MR) is 60.0 cm³/mol. The lowest BCUT2D eigenvalue weighted by Gasteiger charge is -2.05. The molecule has 108 valence electrons. The third-order valence-corrected chi connectivity index (χ3v) is 1.71. The van der Waals surface area contributed by atoms with Crippen LogP contribution in [-0.4, -0.2) is 29.4 Å². The zero-order chi connectivity index (χ0) is 15.3. The third kappa shape index (κ3) is 10.3. The van der Waals surface area contributed by atoms with Gasteiger partial charge in [0.15, 0.2) is 0 Å². The molecule has 0 aromatic heterocycles. The second-order valence-electron chi connectivity index (χ2n) is 2.82. The molecule has 0 saturated carbocycles. The Balaban J connectivity index is 0.000000555. The summed E-state index contributed by atoms with van der Waals surface area (Å²) in [5.41, 5.74) is -0.490. The van der Waals surface area contributed by atoms with E-state index in [1.807, 2.05) is 0 Å². The number of nitrogens with zero attached hydrogens (tertiary/aromatic N) is 1. The highest BCUT2D eigenvalue weighted by atomic mass is 31.2. The first-order valence-electron chi connectivity index (χ1n) is 4.17. The fourth-order valence-corrected chi connectivity index (χ4v) is 1.22. The molecule has 0 saturated heterocycles. The summed E-state index contributed by atoms with van der Waals surface area (Å²) in [5, 5.41) is 10.4. The summed E-state index contributed by atoms with van der Waals surface area (Å²) in [6, 6.07) is 4.94. The largest absolute Gasteiger partial charge is 0.525 e. The van der Waals surface area contributed by atoms with Crippen molar-refractivity contribution in [1.29, 1.82) is 0 Å². The smallest absolute Gasteiger partial charge is 0.397 e. The Bertz CT molecular complexity index is 524. The number of hydrogen-bond donors (Lipinski definition) is 5. The maximum atomic E-state index is 10.4. The Kier molecular flexibility index (Phi) is 6.27. The third-order valence-electron chi connectivity index (χ3n) is 1.28. The average Bonchev–Trinajstić information content (AvgIpc) is 2.12. The van der Waals surface area contributed by atoms with E-state index in [0.717, 1.165) is 12.1 Å². The van der Waals surface area contributed by atoms with Gasteiger partial charge in [0.05, 0.1) is 4.92 Å². The average molecular weight is 317 g/mol. The minimum Gasteiger partial charge on any atom is -0.397 e. The Morgan fingerprint density at radius 3 is 1.84 bits per heavy atom. The van der Waals surface area contributed by atoms with Gasteiger partial charge in [0.25, 0.3) is 0 Å². The fourth-order valence-electron chi connectivity index (χ4n) is 0.813. The van der Waals surface area contributed by atoms with Crippen molar-refractivity contribution in [3.8, 4) is 5.75 Å². The molecule has 0 heterocycles. The van der Waals surface area contributed by atoms with E-state index < -0.39 is 32.0 Å². The molecule has 0 fully saturated rings. The van der Waals surface area contributed by atoms with Crippen molar-refractivity contribution >= 4 is 21.3 Å². The van der Waals surface area contributed by atoms with E-state index in [-0.39, 0.29) is 0 Å². The predicted octanol–water partition coefficient (Wildman–Crippen LogP) is 0.138. The quantitative estimate of drug-likeness (QED) is 0.291. The monoisotopic (exact) mass is 317 g/mol. The van der Waals surface area contributed by atoms with E-state index in [1.165, 1.54) is 12.1 Å². The number of hydrogen-bond acceptors (Lipinski definition) is 5. The molecule has 0 amide bonds. The van der Waals surface area contributed by atoms with E-state index in [9.17, 15) is 14.7 Å². The molecule has 0 radical (unpaired) electrons. The van der Waals surface area contributed by atoms with Gasteiger partial charge in [0.2, 0.25) is 5.75 Å². The van der Waals surface area contributed by atoms with Crippen LogP contribution in [-0.2, 0) is 9.13 Å². The SMILES string of the molecule is O=P(O)(O)O.O=[N+]([O-])c1ccccc1OP(=O)(O)O. The summed E-state index contributed by atoms with van der Waals surface area (Å²) in [4.78, 5) is 48.0. The van der Waals surface area contributed by atoms with Gasteiger partial charge in [-0.05, 0) is 6.07 Å². The molecule has 11 nitrogen and oxygen atoms in total. The lowest BCUT2D eigenvalue weighted by Crippen LogP contribution is -1.95. The topological polar surface area (TPSA) is 188 Å². The molecule has 0 bridgehead atoms. The highest BCUT2D eigenvalue weighted by Crippen LogP contribution is 2.41. The molecule has 0 atom stereocenters. The molecule has 13 heteroatoms. The van der Waals surface area contributed by atoms with Crippen LogP contribution in [0.2, 0.25) is 0 Å². The molecule has 0 aliphatic heterocycles. The fraction of sp³-hybridized carbons (Fsp3) is 0. The molecule has 0 aliphatic carbocycles. The van der Waals surface area contributed by atoms with Crippen LogP contribution in [0.5, 0.6) is 5.75 Å². The van der Waals surface area contributed by atoms with Crippen LogP contribution in [0.1, 0.15) is 0 Å². The molecule has 0 spiro atoms. The van der Waals surface area contributed by atoms with Crippen LogP contribution in [0.25, 0.3) is 0 Å². The summed E-state index contributed by atoms with van der Waals surface area (Å²) in [6.07, 6.45) is 0. The van der Waals surface area contributed by atoms with E-state index in [1.54, 1.807) is 0 Å². The molecule has 0 aliphatic rings. The van der Waals surface area contributed by atoms with Gasteiger partial charge in [-0.1, -0.05) is 12.1 Å². The Morgan fingerprint density at radius 1 is 1.05 bits per heavy atom. The number of rotatable bonds is 3. The molecule has 1 aromatic carbocycles. The summed E-state index contributed by atoms with van der Waals surface area (Å²) < 4.78 is 23.4. The van der Waals surface area contributed by atoms with Crippen molar-refractivity contribution in [2.75, 3.05) is 0 Å². The van der Waals surface area contributed by atoms with Gasteiger partial charge in [0.1, 0.15) is 0 Å². The summed E-state index contributed by atoms with van der Waals surface area (Å²) in [5.74, 6) is -0.453. The highest BCUT2D eigenvalue weighted by Gasteiger charge is 2.22. The van der Waals surface area contributed by atoms with Crippen molar-refractivity contribution in [3.63, 3.8) is 0 Å². The Morgan fingerprint density at radius 2 is 1.47 bits per heavy atom.